The number of para-hydroxylation sites is 1. The molecule has 0 fully saturated rings. The van der Waals surface area contributed by atoms with E-state index in [1.807, 2.05) is 48.5 Å². The third-order valence-electron chi connectivity index (χ3n) is 3.39. The van der Waals surface area contributed by atoms with Crippen molar-refractivity contribution >= 4 is 5.91 Å². The first-order chi connectivity index (χ1) is 11.7. The highest BCUT2D eigenvalue weighted by molar-refractivity contribution is 5.77. The summed E-state index contributed by atoms with van der Waals surface area (Å²) in [7, 11) is 1.67. The van der Waals surface area contributed by atoms with Crippen molar-refractivity contribution in [3.8, 4) is 17.2 Å². The standard InChI is InChI=1S/C18H17N3O3/c1-21(17(22)13-23-15-10-6-3-7-11-15)12-16-19-20-18(24-16)14-8-4-2-5-9-14/h2-11H,12-13H2,1H3. The van der Waals surface area contributed by atoms with Gasteiger partial charge in [-0.05, 0) is 24.3 Å². The lowest BCUT2D eigenvalue weighted by Crippen LogP contribution is -2.31. The number of carbonyl (C=O) groups excluding carboxylic acids is 1. The van der Waals surface area contributed by atoms with E-state index in [1.165, 1.54) is 4.90 Å². The first kappa shape index (κ1) is 15.7. The van der Waals surface area contributed by atoms with E-state index in [0.717, 1.165) is 5.56 Å². The second kappa shape index (κ2) is 7.41. The summed E-state index contributed by atoms with van der Waals surface area (Å²) in [4.78, 5) is 13.6. The number of likely N-dealkylation sites (N-methyl/N-ethyl adjacent to an activating group) is 1. The molecular formula is C18H17N3O3. The quantitative estimate of drug-likeness (QED) is 0.698. The van der Waals surface area contributed by atoms with E-state index in [9.17, 15) is 4.79 Å². The van der Waals surface area contributed by atoms with Crippen LogP contribution in [0.2, 0.25) is 0 Å². The van der Waals surface area contributed by atoms with Gasteiger partial charge in [0.15, 0.2) is 6.61 Å². The molecule has 1 heterocycles. The Morgan fingerprint density at radius 2 is 1.71 bits per heavy atom. The molecule has 0 aliphatic heterocycles. The fourth-order valence-corrected chi connectivity index (χ4v) is 2.08. The Morgan fingerprint density at radius 1 is 1.04 bits per heavy atom. The summed E-state index contributed by atoms with van der Waals surface area (Å²) in [5.41, 5.74) is 0.845. The Morgan fingerprint density at radius 3 is 2.42 bits per heavy atom. The van der Waals surface area contributed by atoms with Crippen molar-refractivity contribution in [2.45, 2.75) is 6.54 Å². The smallest absolute Gasteiger partial charge is 0.260 e. The van der Waals surface area contributed by atoms with Crippen LogP contribution in [0.25, 0.3) is 11.5 Å². The highest BCUT2D eigenvalue weighted by atomic mass is 16.5. The van der Waals surface area contributed by atoms with Crippen LogP contribution in [0.4, 0.5) is 0 Å². The molecule has 3 aromatic rings. The number of hydrogen-bond donors (Lipinski definition) is 0. The molecular weight excluding hydrogens is 306 g/mol. The third-order valence-corrected chi connectivity index (χ3v) is 3.39. The van der Waals surface area contributed by atoms with Gasteiger partial charge < -0.3 is 14.1 Å². The van der Waals surface area contributed by atoms with Crippen LogP contribution >= 0.6 is 0 Å². The van der Waals surface area contributed by atoms with Crippen molar-refractivity contribution < 1.29 is 13.9 Å². The molecule has 0 aliphatic carbocycles. The van der Waals surface area contributed by atoms with Gasteiger partial charge in [-0.15, -0.1) is 10.2 Å². The van der Waals surface area contributed by atoms with Crippen molar-refractivity contribution in [3.63, 3.8) is 0 Å². The van der Waals surface area contributed by atoms with Crippen molar-refractivity contribution in [1.29, 1.82) is 0 Å². The van der Waals surface area contributed by atoms with Gasteiger partial charge in [-0.2, -0.15) is 0 Å². The molecule has 0 radical (unpaired) electrons. The lowest BCUT2D eigenvalue weighted by atomic mass is 10.2. The number of hydrogen-bond acceptors (Lipinski definition) is 5. The summed E-state index contributed by atoms with van der Waals surface area (Å²) < 4.78 is 11.0. The van der Waals surface area contributed by atoms with Crippen LogP contribution in [0, 0.1) is 0 Å². The second-order valence-corrected chi connectivity index (χ2v) is 5.22. The van der Waals surface area contributed by atoms with Crippen molar-refractivity contribution in [3.05, 3.63) is 66.6 Å². The predicted octanol–water partition coefficient (Wildman–Crippen LogP) is 2.77. The van der Waals surface area contributed by atoms with Gasteiger partial charge in [0, 0.05) is 12.6 Å². The van der Waals surface area contributed by atoms with E-state index in [1.54, 1.807) is 19.2 Å². The number of ether oxygens (including phenoxy) is 1. The average Bonchev–Trinajstić information content (AvgIpc) is 3.10. The molecule has 0 saturated carbocycles. The Kier molecular flexibility index (Phi) is 4.86. The zero-order valence-corrected chi connectivity index (χ0v) is 13.3. The highest BCUT2D eigenvalue weighted by Crippen LogP contribution is 2.17. The van der Waals surface area contributed by atoms with Crippen molar-refractivity contribution in [2.75, 3.05) is 13.7 Å². The summed E-state index contributed by atoms with van der Waals surface area (Å²) in [5.74, 6) is 1.30. The van der Waals surface area contributed by atoms with Gasteiger partial charge in [0.2, 0.25) is 11.8 Å². The summed E-state index contributed by atoms with van der Waals surface area (Å²) in [6, 6.07) is 18.7. The normalized spacial score (nSPS) is 10.4. The molecule has 0 spiro atoms. The van der Waals surface area contributed by atoms with Crippen LogP contribution in [-0.2, 0) is 11.3 Å². The minimum atomic E-state index is -0.168. The largest absolute Gasteiger partial charge is 0.484 e. The molecule has 0 aliphatic rings. The van der Waals surface area contributed by atoms with Crippen molar-refractivity contribution in [1.82, 2.24) is 15.1 Å². The monoisotopic (exact) mass is 323 g/mol. The van der Waals surface area contributed by atoms with Crippen LogP contribution in [0.3, 0.4) is 0 Å². The maximum atomic E-state index is 12.1. The highest BCUT2D eigenvalue weighted by Gasteiger charge is 2.15. The van der Waals surface area contributed by atoms with Crippen molar-refractivity contribution in [2.24, 2.45) is 0 Å². The maximum absolute atomic E-state index is 12.1. The molecule has 0 N–H and O–H groups in total. The van der Waals surface area contributed by atoms with Crippen LogP contribution < -0.4 is 4.74 Å². The van der Waals surface area contributed by atoms with E-state index in [0.29, 0.717) is 17.5 Å². The SMILES string of the molecule is CN(Cc1nnc(-c2ccccc2)o1)C(=O)COc1ccccc1. The molecule has 0 saturated heterocycles. The Hall–Kier alpha value is -3.15. The van der Waals surface area contributed by atoms with Gasteiger partial charge in [0.25, 0.3) is 5.91 Å². The molecule has 0 atom stereocenters. The van der Waals surface area contributed by atoms with Crippen LogP contribution in [0.1, 0.15) is 5.89 Å². The van der Waals surface area contributed by atoms with Gasteiger partial charge in [-0.25, -0.2) is 0 Å². The molecule has 2 aromatic carbocycles. The van der Waals surface area contributed by atoms with Crippen LogP contribution in [0.15, 0.2) is 65.1 Å². The van der Waals surface area contributed by atoms with Crippen LogP contribution in [-0.4, -0.2) is 34.7 Å². The second-order valence-electron chi connectivity index (χ2n) is 5.22. The average molecular weight is 323 g/mol. The van der Waals surface area contributed by atoms with Gasteiger partial charge in [0.1, 0.15) is 5.75 Å². The number of benzene rings is 2. The lowest BCUT2D eigenvalue weighted by Gasteiger charge is -2.15. The maximum Gasteiger partial charge on any atom is 0.260 e. The first-order valence-electron chi connectivity index (χ1n) is 7.52. The van der Waals surface area contributed by atoms with E-state index in [4.69, 9.17) is 9.15 Å². The molecule has 6 nitrogen and oxygen atoms in total. The van der Waals surface area contributed by atoms with Crippen LogP contribution in [0.5, 0.6) is 5.75 Å². The Balaban J connectivity index is 1.55. The topological polar surface area (TPSA) is 68.5 Å². The van der Waals surface area contributed by atoms with E-state index in [-0.39, 0.29) is 19.1 Å². The summed E-state index contributed by atoms with van der Waals surface area (Å²) in [5, 5.41) is 7.99. The van der Waals surface area contributed by atoms with E-state index < -0.39 is 0 Å². The van der Waals surface area contributed by atoms with Gasteiger partial charge in [0.05, 0.1) is 6.54 Å². The Labute approximate surface area is 139 Å². The van der Waals surface area contributed by atoms with Gasteiger partial charge in [-0.1, -0.05) is 36.4 Å². The molecule has 1 amide bonds. The molecule has 0 unspecified atom stereocenters. The lowest BCUT2D eigenvalue weighted by molar-refractivity contribution is -0.132. The number of rotatable bonds is 6. The van der Waals surface area contributed by atoms with E-state index >= 15 is 0 Å². The zero-order chi connectivity index (χ0) is 16.8. The first-order valence-corrected chi connectivity index (χ1v) is 7.52. The predicted molar refractivity (Wildman–Crippen MR) is 88.1 cm³/mol. The molecule has 24 heavy (non-hydrogen) atoms. The number of nitrogens with zero attached hydrogens (tertiary/aromatic N) is 3. The van der Waals surface area contributed by atoms with Gasteiger partial charge >= 0.3 is 0 Å². The number of aromatic nitrogens is 2. The van der Waals surface area contributed by atoms with Gasteiger partial charge in [-0.3, -0.25) is 4.79 Å². The molecule has 3 rings (SSSR count). The zero-order valence-electron chi connectivity index (χ0n) is 13.3. The summed E-state index contributed by atoms with van der Waals surface area (Å²) in [6.07, 6.45) is 0. The summed E-state index contributed by atoms with van der Waals surface area (Å²) >= 11 is 0. The minimum absolute atomic E-state index is 0.0415. The third kappa shape index (κ3) is 3.98. The molecule has 0 bridgehead atoms. The number of amides is 1. The number of carbonyl (C=O) groups is 1. The molecule has 1 aromatic heterocycles. The molecule has 6 heteroatoms. The molecule has 122 valence electrons. The minimum Gasteiger partial charge on any atom is -0.484 e. The summed E-state index contributed by atoms with van der Waals surface area (Å²) in [6.45, 7) is 0.191. The van der Waals surface area contributed by atoms with E-state index in [2.05, 4.69) is 10.2 Å². The Bertz CT molecular complexity index is 788. The fraction of sp³-hybridized carbons (Fsp3) is 0.167. The fourth-order valence-electron chi connectivity index (χ4n) is 2.08.